The molecule has 3 aliphatic rings. The van der Waals surface area contributed by atoms with Crippen LogP contribution in [0.3, 0.4) is 0 Å². The van der Waals surface area contributed by atoms with Crippen LogP contribution in [0.1, 0.15) is 19.3 Å². The minimum Gasteiger partial charge on any atom is -0.483 e. The quantitative estimate of drug-likeness (QED) is 0.588. The molecular weight excluding hydrogens is 418 g/mol. The van der Waals surface area contributed by atoms with E-state index in [9.17, 15) is 19.5 Å². The van der Waals surface area contributed by atoms with Gasteiger partial charge in [-0.3, -0.25) is 19.2 Å². The van der Waals surface area contributed by atoms with Crippen LogP contribution < -0.4 is 5.56 Å². The van der Waals surface area contributed by atoms with Gasteiger partial charge in [0.1, 0.15) is 0 Å². The van der Waals surface area contributed by atoms with Crippen molar-refractivity contribution in [2.75, 3.05) is 46.0 Å². The Balaban J connectivity index is 0.000000913. The van der Waals surface area contributed by atoms with Crippen molar-refractivity contribution in [2.24, 2.45) is 17.3 Å². The summed E-state index contributed by atoms with van der Waals surface area (Å²) in [5.41, 5.74) is -0.548. The fourth-order valence-corrected chi connectivity index (χ4v) is 4.98. The summed E-state index contributed by atoms with van der Waals surface area (Å²) in [7, 11) is 0. The summed E-state index contributed by atoms with van der Waals surface area (Å²) in [5.74, 6) is 0.266. The molecule has 10 heteroatoms. The van der Waals surface area contributed by atoms with E-state index in [0.717, 1.165) is 12.8 Å². The molecular formula is C22H31N3O7. The lowest BCUT2D eigenvalue weighted by Gasteiger charge is -2.30. The van der Waals surface area contributed by atoms with Crippen LogP contribution in [0.25, 0.3) is 0 Å². The van der Waals surface area contributed by atoms with Gasteiger partial charge in [0, 0.05) is 81.9 Å². The molecule has 0 saturated carbocycles. The maximum absolute atomic E-state index is 12.9. The third-order valence-electron chi connectivity index (χ3n) is 6.77. The first-order chi connectivity index (χ1) is 15.4. The first-order valence-corrected chi connectivity index (χ1v) is 10.9. The normalized spacial score (nSPS) is 25.1. The number of likely N-dealkylation sites (tertiary alicyclic amines) is 2. The number of aromatic nitrogens is 1. The zero-order valence-electron chi connectivity index (χ0n) is 18.1. The fourth-order valence-electron chi connectivity index (χ4n) is 4.98. The van der Waals surface area contributed by atoms with E-state index in [1.807, 2.05) is 4.90 Å². The highest BCUT2D eigenvalue weighted by atomic mass is 16.5. The average molecular weight is 450 g/mol. The number of aliphatic hydroxyl groups is 1. The summed E-state index contributed by atoms with van der Waals surface area (Å²) >= 11 is 0. The van der Waals surface area contributed by atoms with Crippen LogP contribution >= 0.6 is 0 Å². The molecule has 3 saturated heterocycles. The molecule has 2 N–H and O–H groups in total. The topological polar surface area (TPSA) is 129 Å². The molecule has 0 bridgehead atoms. The fraction of sp³-hybridized carbons (Fsp3) is 0.636. The van der Waals surface area contributed by atoms with Gasteiger partial charge in [0.25, 0.3) is 12.0 Å². The van der Waals surface area contributed by atoms with Crippen LogP contribution in [0, 0.1) is 17.3 Å². The first-order valence-electron chi connectivity index (χ1n) is 10.9. The summed E-state index contributed by atoms with van der Waals surface area (Å²) in [6.45, 7) is 3.45. The molecule has 10 nitrogen and oxygen atoms in total. The van der Waals surface area contributed by atoms with Crippen LogP contribution in [-0.2, 0) is 25.7 Å². The van der Waals surface area contributed by atoms with E-state index in [1.54, 1.807) is 23.2 Å². The van der Waals surface area contributed by atoms with E-state index in [2.05, 4.69) is 0 Å². The van der Waals surface area contributed by atoms with E-state index in [4.69, 9.17) is 14.6 Å². The molecule has 4 heterocycles. The molecule has 0 unspecified atom stereocenters. The second kappa shape index (κ2) is 10.7. The number of carbonyl (C=O) groups is 3. The number of carboxylic acid groups (broad SMARTS) is 1. The van der Waals surface area contributed by atoms with Gasteiger partial charge in [-0.25, -0.2) is 0 Å². The standard InChI is InChI=1S/C21H29N3O5.CH2O2/c25-15-21-13-23(19(27)4-8-22-7-2-1-3-18(22)26)11-17(21)12-24(14-21)20(28)16-5-9-29-10-6-16;2-1-3/h1-3,7,16-17,25H,4-6,8-15H2;1H,(H,2,3)/t17-,21+;/m0./s1. The number of fused-ring (bicyclic) bond motifs is 1. The van der Waals surface area contributed by atoms with Crippen molar-refractivity contribution in [3.05, 3.63) is 34.7 Å². The minimum atomic E-state index is -0.430. The molecule has 2 atom stereocenters. The smallest absolute Gasteiger partial charge is 0.290 e. The van der Waals surface area contributed by atoms with Gasteiger partial charge in [-0.15, -0.1) is 0 Å². The zero-order chi connectivity index (χ0) is 23.1. The number of nitrogens with zero attached hydrogens (tertiary/aromatic N) is 3. The molecule has 0 aromatic carbocycles. The van der Waals surface area contributed by atoms with Gasteiger partial charge in [0.05, 0.1) is 6.61 Å². The van der Waals surface area contributed by atoms with Gasteiger partial charge in [-0.2, -0.15) is 0 Å². The molecule has 176 valence electrons. The van der Waals surface area contributed by atoms with E-state index in [1.165, 1.54) is 10.6 Å². The second-order valence-corrected chi connectivity index (χ2v) is 8.68. The third kappa shape index (κ3) is 5.18. The SMILES string of the molecule is O=C(CCn1ccccc1=O)N1C[C@H]2CN(C(=O)C3CCOCC3)C[C@@]2(CO)C1.O=CO. The van der Waals surface area contributed by atoms with E-state index in [0.29, 0.717) is 45.9 Å². The number of amides is 2. The van der Waals surface area contributed by atoms with Crippen molar-refractivity contribution >= 4 is 18.3 Å². The number of hydrogen-bond acceptors (Lipinski definition) is 6. The maximum Gasteiger partial charge on any atom is 0.290 e. The Bertz CT molecular complexity index is 867. The average Bonchev–Trinajstić information content (AvgIpc) is 3.34. The highest BCUT2D eigenvalue weighted by Crippen LogP contribution is 2.43. The first kappa shape index (κ1) is 23.9. The number of rotatable bonds is 5. The number of carbonyl (C=O) groups excluding carboxylic acids is 2. The van der Waals surface area contributed by atoms with E-state index >= 15 is 0 Å². The predicted molar refractivity (Wildman–Crippen MR) is 114 cm³/mol. The molecule has 4 rings (SSSR count). The highest BCUT2D eigenvalue weighted by molar-refractivity contribution is 5.80. The second-order valence-electron chi connectivity index (χ2n) is 8.68. The lowest BCUT2D eigenvalue weighted by Crippen LogP contribution is -2.43. The Morgan fingerprint density at radius 2 is 1.81 bits per heavy atom. The molecule has 2 amide bonds. The van der Waals surface area contributed by atoms with Crippen molar-refractivity contribution in [3.8, 4) is 0 Å². The Labute approximate surface area is 186 Å². The monoisotopic (exact) mass is 449 g/mol. The third-order valence-corrected chi connectivity index (χ3v) is 6.77. The molecule has 3 fully saturated rings. The van der Waals surface area contributed by atoms with E-state index in [-0.39, 0.29) is 48.7 Å². The molecule has 1 aromatic heterocycles. The Morgan fingerprint density at radius 1 is 1.16 bits per heavy atom. The van der Waals surface area contributed by atoms with Crippen molar-refractivity contribution in [1.82, 2.24) is 14.4 Å². The molecule has 0 spiro atoms. The lowest BCUT2D eigenvalue weighted by molar-refractivity contribution is -0.138. The summed E-state index contributed by atoms with van der Waals surface area (Å²) in [4.78, 5) is 49.4. The molecule has 3 aliphatic heterocycles. The summed E-state index contributed by atoms with van der Waals surface area (Å²) in [6.07, 6.45) is 3.46. The number of aliphatic hydroxyl groups excluding tert-OH is 1. The van der Waals surface area contributed by atoms with E-state index < -0.39 is 5.41 Å². The van der Waals surface area contributed by atoms with Gasteiger partial charge < -0.3 is 29.3 Å². The predicted octanol–water partition coefficient (Wildman–Crippen LogP) is -0.355. The number of aryl methyl sites for hydroxylation is 1. The van der Waals surface area contributed by atoms with Crippen molar-refractivity contribution in [1.29, 1.82) is 0 Å². The number of ether oxygens (including phenoxy) is 1. The summed E-state index contributed by atoms with van der Waals surface area (Å²) in [6, 6.07) is 4.94. The van der Waals surface area contributed by atoms with Crippen LogP contribution in [0.4, 0.5) is 0 Å². The Morgan fingerprint density at radius 3 is 2.44 bits per heavy atom. The molecule has 1 aromatic rings. The minimum absolute atomic E-state index is 0.00900. The van der Waals surface area contributed by atoms with Crippen molar-refractivity contribution in [2.45, 2.75) is 25.8 Å². The van der Waals surface area contributed by atoms with Crippen LogP contribution in [0.5, 0.6) is 0 Å². The molecule has 0 radical (unpaired) electrons. The molecule has 32 heavy (non-hydrogen) atoms. The number of hydrogen-bond donors (Lipinski definition) is 2. The van der Waals surface area contributed by atoms with Crippen molar-refractivity contribution < 1.29 is 29.3 Å². The van der Waals surface area contributed by atoms with Crippen LogP contribution in [-0.4, -0.2) is 88.9 Å². The van der Waals surface area contributed by atoms with Gasteiger partial charge in [0.2, 0.25) is 11.8 Å². The number of pyridine rings is 1. The zero-order valence-corrected chi connectivity index (χ0v) is 18.1. The van der Waals surface area contributed by atoms with Gasteiger partial charge in [-0.1, -0.05) is 6.07 Å². The van der Waals surface area contributed by atoms with Crippen LogP contribution in [0.2, 0.25) is 0 Å². The van der Waals surface area contributed by atoms with Gasteiger partial charge in [-0.05, 0) is 18.9 Å². The lowest BCUT2D eigenvalue weighted by atomic mass is 9.82. The van der Waals surface area contributed by atoms with Crippen LogP contribution in [0.15, 0.2) is 29.2 Å². The van der Waals surface area contributed by atoms with Gasteiger partial charge in [0.15, 0.2) is 0 Å². The highest BCUT2D eigenvalue weighted by Gasteiger charge is 2.54. The van der Waals surface area contributed by atoms with Gasteiger partial charge >= 0.3 is 0 Å². The maximum atomic E-state index is 12.9. The Hall–Kier alpha value is -2.72. The summed E-state index contributed by atoms with van der Waals surface area (Å²) in [5, 5.41) is 17.0. The summed E-state index contributed by atoms with van der Waals surface area (Å²) < 4.78 is 6.89. The van der Waals surface area contributed by atoms with Crippen molar-refractivity contribution in [3.63, 3.8) is 0 Å². The molecule has 0 aliphatic carbocycles. The Kier molecular flexibility index (Phi) is 8.03. The largest absolute Gasteiger partial charge is 0.483 e.